The number of hydrogen-bond donors (Lipinski definition) is 0. The van der Waals surface area contributed by atoms with Gasteiger partial charge in [-0.1, -0.05) is 26.0 Å². The summed E-state index contributed by atoms with van der Waals surface area (Å²) in [5.41, 5.74) is 1.90. The standard InChI is InChI=1S/C21H33N3O3/c1-4-11-23(12-5-2)21(26)10-13-24(18(3)25)20-9-7-6-8-19(20)22-14-16-27-17-15-22/h6-9H,4-5,10-17H2,1-3H3. The summed E-state index contributed by atoms with van der Waals surface area (Å²) >= 11 is 0. The van der Waals surface area contributed by atoms with Gasteiger partial charge in [-0.25, -0.2) is 0 Å². The van der Waals surface area contributed by atoms with Crippen molar-refractivity contribution in [3.63, 3.8) is 0 Å². The number of nitrogens with zero attached hydrogens (tertiary/aromatic N) is 3. The van der Waals surface area contributed by atoms with Crippen LogP contribution in [0.15, 0.2) is 24.3 Å². The van der Waals surface area contributed by atoms with E-state index in [1.54, 1.807) is 11.8 Å². The maximum atomic E-state index is 12.6. The molecule has 0 aromatic heterocycles. The summed E-state index contributed by atoms with van der Waals surface area (Å²) in [6, 6.07) is 7.94. The van der Waals surface area contributed by atoms with Gasteiger partial charge in [-0.2, -0.15) is 0 Å². The first-order valence-corrected chi connectivity index (χ1v) is 10.1. The molecule has 27 heavy (non-hydrogen) atoms. The Hall–Kier alpha value is -2.08. The van der Waals surface area contributed by atoms with E-state index in [0.717, 1.165) is 50.4 Å². The van der Waals surface area contributed by atoms with Gasteiger partial charge in [0.15, 0.2) is 0 Å². The number of benzene rings is 1. The fraction of sp³-hybridized carbons (Fsp3) is 0.619. The monoisotopic (exact) mass is 375 g/mol. The van der Waals surface area contributed by atoms with Crippen molar-refractivity contribution in [2.75, 3.05) is 55.7 Å². The van der Waals surface area contributed by atoms with E-state index in [4.69, 9.17) is 4.74 Å². The second kappa shape index (κ2) is 10.9. The fourth-order valence-corrected chi connectivity index (χ4v) is 3.48. The number of anilines is 2. The molecular weight excluding hydrogens is 342 g/mol. The zero-order valence-electron chi connectivity index (χ0n) is 16.9. The van der Waals surface area contributed by atoms with E-state index in [-0.39, 0.29) is 11.8 Å². The van der Waals surface area contributed by atoms with E-state index < -0.39 is 0 Å². The summed E-state index contributed by atoms with van der Waals surface area (Å²) < 4.78 is 5.45. The molecule has 0 spiro atoms. The molecular formula is C21H33N3O3. The Labute approximate surface area is 163 Å². The first-order valence-electron chi connectivity index (χ1n) is 10.1. The Bertz CT molecular complexity index is 608. The zero-order chi connectivity index (χ0) is 19.6. The minimum atomic E-state index is -0.0407. The Morgan fingerprint density at radius 1 is 1.04 bits per heavy atom. The van der Waals surface area contributed by atoms with Crippen LogP contribution in [0.5, 0.6) is 0 Å². The van der Waals surface area contributed by atoms with Crippen LogP contribution in [0.2, 0.25) is 0 Å². The molecule has 0 atom stereocenters. The zero-order valence-corrected chi connectivity index (χ0v) is 16.9. The molecule has 1 aliphatic rings. The average Bonchev–Trinajstić information content (AvgIpc) is 2.68. The van der Waals surface area contributed by atoms with Gasteiger partial charge in [-0.3, -0.25) is 9.59 Å². The first-order chi connectivity index (χ1) is 13.1. The van der Waals surface area contributed by atoms with Crippen molar-refractivity contribution in [1.29, 1.82) is 0 Å². The van der Waals surface area contributed by atoms with Crippen molar-refractivity contribution < 1.29 is 14.3 Å². The van der Waals surface area contributed by atoms with E-state index in [0.29, 0.717) is 26.2 Å². The first kappa shape index (κ1) is 21.2. The third-order valence-corrected chi connectivity index (χ3v) is 4.79. The second-order valence-corrected chi connectivity index (χ2v) is 6.89. The molecule has 1 aliphatic heterocycles. The van der Waals surface area contributed by atoms with Crippen LogP contribution in [0.25, 0.3) is 0 Å². The van der Waals surface area contributed by atoms with Crippen molar-refractivity contribution in [1.82, 2.24) is 4.90 Å². The van der Waals surface area contributed by atoms with Crippen LogP contribution in [0.4, 0.5) is 11.4 Å². The Kier molecular flexibility index (Phi) is 8.58. The highest BCUT2D eigenvalue weighted by Crippen LogP contribution is 2.30. The second-order valence-electron chi connectivity index (χ2n) is 6.89. The van der Waals surface area contributed by atoms with E-state index in [1.165, 1.54) is 0 Å². The Morgan fingerprint density at radius 2 is 1.67 bits per heavy atom. The predicted molar refractivity (Wildman–Crippen MR) is 109 cm³/mol. The number of amides is 2. The molecule has 0 bridgehead atoms. The third-order valence-electron chi connectivity index (χ3n) is 4.79. The Morgan fingerprint density at radius 3 is 2.26 bits per heavy atom. The number of rotatable bonds is 9. The summed E-state index contributed by atoms with van der Waals surface area (Å²) in [5.74, 6) is 0.0786. The van der Waals surface area contributed by atoms with Crippen molar-refractivity contribution in [2.24, 2.45) is 0 Å². The van der Waals surface area contributed by atoms with Gasteiger partial charge in [0, 0.05) is 46.1 Å². The van der Waals surface area contributed by atoms with Crippen LogP contribution in [-0.2, 0) is 14.3 Å². The molecule has 1 fully saturated rings. The summed E-state index contributed by atoms with van der Waals surface area (Å²) in [5, 5.41) is 0. The molecule has 6 nitrogen and oxygen atoms in total. The van der Waals surface area contributed by atoms with Gasteiger partial charge in [-0.15, -0.1) is 0 Å². The van der Waals surface area contributed by atoms with Crippen molar-refractivity contribution in [3.05, 3.63) is 24.3 Å². The Balaban J connectivity index is 2.13. The number of hydrogen-bond acceptors (Lipinski definition) is 4. The molecule has 1 heterocycles. The molecule has 1 aromatic rings. The lowest BCUT2D eigenvalue weighted by atomic mass is 10.2. The lowest BCUT2D eigenvalue weighted by molar-refractivity contribution is -0.131. The van der Waals surface area contributed by atoms with Gasteiger partial charge in [0.2, 0.25) is 11.8 Å². The lowest BCUT2D eigenvalue weighted by Gasteiger charge is -2.33. The third kappa shape index (κ3) is 5.96. The number of ether oxygens (including phenoxy) is 1. The topological polar surface area (TPSA) is 53.1 Å². The normalized spacial score (nSPS) is 14.1. The molecule has 0 N–H and O–H groups in total. The predicted octanol–water partition coefficient (Wildman–Crippen LogP) is 2.91. The highest BCUT2D eigenvalue weighted by Gasteiger charge is 2.22. The molecule has 150 valence electrons. The van der Waals surface area contributed by atoms with Gasteiger partial charge < -0.3 is 19.4 Å². The van der Waals surface area contributed by atoms with Crippen LogP contribution in [0.3, 0.4) is 0 Å². The number of carbonyl (C=O) groups is 2. The number of morpholine rings is 1. The maximum Gasteiger partial charge on any atom is 0.224 e. The van der Waals surface area contributed by atoms with E-state index >= 15 is 0 Å². The quantitative estimate of drug-likeness (QED) is 0.666. The fourth-order valence-electron chi connectivity index (χ4n) is 3.48. The molecule has 0 aliphatic carbocycles. The molecule has 0 unspecified atom stereocenters. The molecule has 1 aromatic carbocycles. The van der Waals surface area contributed by atoms with E-state index in [1.807, 2.05) is 29.2 Å². The van der Waals surface area contributed by atoms with Gasteiger partial charge in [0.1, 0.15) is 0 Å². The molecule has 0 saturated carbocycles. The van der Waals surface area contributed by atoms with Crippen molar-refractivity contribution in [3.8, 4) is 0 Å². The van der Waals surface area contributed by atoms with Gasteiger partial charge >= 0.3 is 0 Å². The van der Waals surface area contributed by atoms with Crippen LogP contribution >= 0.6 is 0 Å². The lowest BCUT2D eigenvalue weighted by Crippen LogP contribution is -2.40. The molecule has 0 radical (unpaired) electrons. The minimum absolute atomic E-state index is 0.0407. The van der Waals surface area contributed by atoms with Crippen LogP contribution < -0.4 is 9.80 Å². The van der Waals surface area contributed by atoms with Crippen molar-refractivity contribution in [2.45, 2.75) is 40.0 Å². The van der Waals surface area contributed by atoms with E-state index in [9.17, 15) is 9.59 Å². The maximum absolute atomic E-state index is 12.6. The summed E-state index contributed by atoms with van der Waals surface area (Å²) in [6.07, 6.45) is 2.24. The number of carbonyl (C=O) groups excluding carboxylic acids is 2. The molecule has 2 amide bonds. The molecule has 2 rings (SSSR count). The van der Waals surface area contributed by atoms with Gasteiger partial charge in [0.25, 0.3) is 0 Å². The van der Waals surface area contributed by atoms with Crippen molar-refractivity contribution >= 4 is 23.2 Å². The smallest absolute Gasteiger partial charge is 0.224 e. The minimum Gasteiger partial charge on any atom is -0.378 e. The summed E-state index contributed by atoms with van der Waals surface area (Å²) in [6.45, 7) is 10.7. The summed E-state index contributed by atoms with van der Waals surface area (Å²) in [7, 11) is 0. The van der Waals surface area contributed by atoms with Gasteiger partial charge in [-0.05, 0) is 25.0 Å². The summed E-state index contributed by atoms with van der Waals surface area (Å²) in [4.78, 5) is 30.9. The highest BCUT2D eigenvalue weighted by molar-refractivity contribution is 5.96. The van der Waals surface area contributed by atoms with Gasteiger partial charge in [0.05, 0.1) is 24.6 Å². The van der Waals surface area contributed by atoms with Crippen LogP contribution in [0, 0.1) is 0 Å². The average molecular weight is 376 g/mol. The SMILES string of the molecule is CCCN(CCC)C(=O)CCN(C(C)=O)c1ccccc1N1CCOCC1. The molecule has 1 saturated heterocycles. The van der Waals surface area contributed by atoms with Crippen LogP contribution in [-0.4, -0.2) is 62.7 Å². The highest BCUT2D eigenvalue weighted by atomic mass is 16.5. The van der Waals surface area contributed by atoms with Crippen LogP contribution in [0.1, 0.15) is 40.0 Å². The molecule has 6 heteroatoms. The number of para-hydroxylation sites is 2. The van der Waals surface area contributed by atoms with E-state index in [2.05, 4.69) is 18.7 Å². The largest absolute Gasteiger partial charge is 0.378 e.